The number of carbonyl (C=O) groups excluding carboxylic acids is 1. The molecule has 4 aromatic rings. The van der Waals surface area contributed by atoms with Crippen LogP contribution in [0.2, 0.25) is 0 Å². The summed E-state index contributed by atoms with van der Waals surface area (Å²) in [6, 6.07) is 25.0. The second-order valence-electron chi connectivity index (χ2n) is 9.13. The molecule has 1 atom stereocenters. The Hall–Kier alpha value is -3.37. The van der Waals surface area contributed by atoms with Crippen LogP contribution >= 0.6 is 0 Å². The highest BCUT2D eigenvalue weighted by molar-refractivity contribution is 6.02. The van der Waals surface area contributed by atoms with Crippen molar-refractivity contribution in [1.29, 1.82) is 0 Å². The van der Waals surface area contributed by atoms with E-state index < -0.39 is 0 Å². The number of nitrogens with zero attached hydrogens (tertiary/aromatic N) is 1. The van der Waals surface area contributed by atoms with Gasteiger partial charge in [0.15, 0.2) is 0 Å². The Kier molecular flexibility index (Phi) is 6.50. The highest BCUT2D eigenvalue weighted by atomic mass is 16.5. The predicted octanol–water partition coefficient (Wildman–Crippen LogP) is 6.90. The zero-order valence-corrected chi connectivity index (χ0v) is 20.0. The molecule has 0 fully saturated rings. The minimum atomic E-state index is -0.133. The molecule has 1 unspecified atom stereocenters. The second-order valence-corrected chi connectivity index (χ2v) is 9.13. The van der Waals surface area contributed by atoms with Gasteiger partial charge in [-0.05, 0) is 43.0 Å². The number of fused-ring (bicyclic) bond motifs is 2. The summed E-state index contributed by atoms with van der Waals surface area (Å²) in [7, 11) is 0. The number of aromatic nitrogens is 1. The smallest absolute Gasteiger partial charge is 0.255 e. The number of hydrogen-bond donors (Lipinski definition) is 1. The van der Waals surface area contributed by atoms with Crippen molar-refractivity contribution in [3.63, 3.8) is 0 Å². The lowest BCUT2D eigenvalue weighted by Crippen LogP contribution is -2.30. The van der Waals surface area contributed by atoms with Crippen LogP contribution in [0.4, 0.5) is 0 Å². The molecule has 1 N–H and O–H groups in total. The van der Waals surface area contributed by atoms with Gasteiger partial charge in [-0.1, -0.05) is 79.6 Å². The lowest BCUT2D eigenvalue weighted by Gasteiger charge is -2.27. The van der Waals surface area contributed by atoms with Crippen molar-refractivity contribution in [2.45, 2.75) is 39.2 Å². The highest BCUT2D eigenvalue weighted by Crippen LogP contribution is 2.45. The number of aryl methyl sites for hydroxylation is 1. The number of hydrogen-bond acceptors (Lipinski definition) is 2. The maximum Gasteiger partial charge on any atom is 0.255 e. The molecule has 174 valence electrons. The quantitative estimate of drug-likeness (QED) is 0.281. The molecule has 0 saturated heterocycles. The minimum absolute atomic E-state index is 0.106. The van der Waals surface area contributed by atoms with Gasteiger partial charge in [0.25, 0.3) is 5.91 Å². The molecule has 1 amide bonds. The summed E-state index contributed by atoms with van der Waals surface area (Å²) in [5, 5.41) is 1.16. The van der Waals surface area contributed by atoms with Crippen molar-refractivity contribution in [1.82, 2.24) is 9.88 Å². The van der Waals surface area contributed by atoms with E-state index in [1.165, 1.54) is 11.1 Å². The number of benzene rings is 3. The Morgan fingerprint density at radius 3 is 2.47 bits per heavy atom. The van der Waals surface area contributed by atoms with E-state index in [9.17, 15) is 4.79 Å². The van der Waals surface area contributed by atoms with Crippen molar-refractivity contribution in [2.75, 3.05) is 19.8 Å². The van der Waals surface area contributed by atoms with Crippen LogP contribution in [0.5, 0.6) is 0 Å². The number of amides is 1. The molecular weight excluding hydrogens is 420 g/mol. The first-order valence-electron chi connectivity index (χ1n) is 12.3. The Morgan fingerprint density at radius 1 is 0.912 bits per heavy atom. The van der Waals surface area contributed by atoms with E-state index in [2.05, 4.69) is 73.4 Å². The molecule has 4 nitrogen and oxygen atoms in total. The Morgan fingerprint density at radius 2 is 1.65 bits per heavy atom. The largest absolute Gasteiger partial charge is 0.381 e. The van der Waals surface area contributed by atoms with Crippen LogP contribution in [-0.4, -0.2) is 35.5 Å². The summed E-state index contributed by atoms with van der Waals surface area (Å²) < 4.78 is 5.80. The molecule has 0 radical (unpaired) electrons. The van der Waals surface area contributed by atoms with E-state index in [0.29, 0.717) is 13.2 Å². The Labute approximate surface area is 201 Å². The lowest BCUT2D eigenvalue weighted by atomic mass is 9.93. The molecule has 0 saturated carbocycles. The third-order valence-electron chi connectivity index (χ3n) is 6.75. The molecule has 1 aromatic heterocycles. The zero-order valence-electron chi connectivity index (χ0n) is 20.0. The monoisotopic (exact) mass is 452 g/mol. The highest BCUT2D eigenvalue weighted by Gasteiger charge is 2.39. The number of unbranched alkanes of at least 4 members (excludes halogenated alkanes) is 1. The number of H-pyrrole nitrogens is 1. The van der Waals surface area contributed by atoms with Crippen molar-refractivity contribution >= 4 is 16.8 Å². The van der Waals surface area contributed by atoms with Crippen molar-refractivity contribution < 1.29 is 9.53 Å². The fraction of sp³-hybridized carbons (Fsp3) is 0.300. The molecule has 1 aliphatic heterocycles. The van der Waals surface area contributed by atoms with E-state index in [1.807, 2.05) is 23.1 Å². The van der Waals surface area contributed by atoms with Gasteiger partial charge >= 0.3 is 0 Å². The van der Waals surface area contributed by atoms with Gasteiger partial charge in [-0.2, -0.15) is 0 Å². The number of ether oxygens (including phenoxy) is 1. The molecule has 0 spiro atoms. The van der Waals surface area contributed by atoms with Crippen molar-refractivity contribution in [3.05, 3.63) is 95.1 Å². The minimum Gasteiger partial charge on any atom is -0.381 e. The van der Waals surface area contributed by atoms with Crippen LogP contribution < -0.4 is 0 Å². The molecule has 0 aliphatic carbocycles. The SMILES string of the molecule is CCCCOCCCN1C(=O)c2ccccc2C1c1c(-c2ccc(C)cc2)[nH]c2ccccc12. The average molecular weight is 453 g/mol. The van der Waals surface area contributed by atoms with Crippen LogP contribution in [0.1, 0.15) is 59.3 Å². The van der Waals surface area contributed by atoms with Gasteiger partial charge in [-0.3, -0.25) is 4.79 Å². The molecule has 1 aliphatic rings. The molecule has 5 rings (SSSR count). The van der Waals surface area contributed by atoms with Crippen LogP contribution in [0.25, 0.3) is 22.2 Å². The van der Waals surface area contributed by atoms with Crippen LogP contribution in [-0.2, 0) is 4.74 Å². The number of nitrogens with one attached hydrogen (secondary N) is 1. The predicted molar refractivity (Wildman–Crippen MR) is 138 cm³/mol. The van der Waals surface area contributed by atoms with Crippen LogP contribution in [0.15, 0.2) is 72.8 Å². The molecule has 2 heterocycles. The summed E-state index contributed by atoms with van der Waals surface area (Å²) in [5.74, 6) is 0.106. The number of para-hydroxylation sites is 1. The van der Waals surface area contributed by atoms with Crippen molar-refractivity contribution in [3.8, 4) is 11.3 Å². The standard InChI is InChI=1S/C30H32N2O2/c1-3-4-19-34-20-9-18-32-29(23-10-5-6-11-24(23)30(32)33)27-25-12-7-8-13-26(25)31-28(27)22-16-14-21(2)15-17-22/h5-8,10-17,29,31H,3-4,9,18-20H2,1-2H3. The third kappa shape index (κ3) is 4.14. The lowest BCUT2D eigenvalue weighted by molar-refractivity contribution is 0.0710. The maximum atomic E-state index is 13.6. The molecule has 4 heteroatoms. The zero-order chi connectivity index (χ0) is 23.5. The maximum absolute atomic E-state index is 13.6. The molecular formula is C30H32N2O2. The average Bonchev–Trinajstić information content (AvgIpc) is 3.37. The van der Waals surface area contributed by atoms with Crippen molar-refractivity contribution in [2.24, 2.45) is 0 Å². The van der Waals surface area contributed by atoms with E-state index in [1.54, 1.807) is 0 Å². The van der Waals surface area contributed by atoms with Gasteiger partial charge in [-0.25, -0.2) is 0 Å². The first kappa shape index (κ1) is 22.4. The Bertz CT molecular complexity index is 1290. The summed E-state index contributed by atoms with van der Waals surface area (Å²) in [5.41, 5.74) is 7.60. The van der Waals surface area contributed by atoms with Gasteiger partial charge in [0, 0.05) is 41.8 Å². The van der Waals surface area contributed by atoms with Gasteiger partial charge in [0.2, 0.25) is 0 Å². The summed E-state index contributed by atoms with van der Waals surface area (Å²) in [4.78, 5) is 19.3. The fourth-order valence-electron chi connectivity index (χ4n) is 4.99. The van der Waals surface area contributed by atoms with E-state index in [-0.39, 0.29) is 11.9 Å². The number of rotatable bonds is 9. The summed E-state index contributed by atoms with van der Waals surface area (Å²) >= 11 is 0. The Balaban J connectivity index is 1.58. The normalized spacial score (nSPS) is 15.3. The first-order valence-corrected chi connectivity index (χ1v) is 12.3. The number of carbonyl (C=O) groups is 1. The molecule has 34 heavy (non-hydrogen) atoms. The fourth-order valence-corrected chi connectivity index (χ4v) is 4.99. The van der Waals surface area contributed by atoms with Gasteiger partial charge in [-0.15, -0.1) is 0 Å². The van der Waals surface area contributed by atoms with E-state index in [4.69, 9.17) is 4.74 Å². The van der Waals surface area contributed by atoms with Gasteiger partial charge < -0.3 is 14.6 Å². The van der Waals surface area contributed by atoms with E-state index >= 15 is 0 Å². The van der Waals surface area contributed by atoms with E-state index in [0.717, 1.165) is 59.2 Å². The summed E-state index contributed by atoms with van der Waals surface area (Å²) in [6.45, 7) is 6.39. The first-order chi connectivity index (χ1) is 16.7. The van der Waals surface area contributed by atoms with Gasteiger partial charge in [0.05, 0.1) is 11.7 Å². The third-order valence-corrected chi connectivity index (χ3v) is 6.75. The van der Waals surface area contributed by atoms with Gasteiger partial charge in [0.1, 0.15) is 0 Å². The van der Waals surface area contributed by atoms with Crippen LogP contribution in [0, 0.1) is 6.92 Å². The molecule has 3 aromatic carbocycles. The van der Waals surface area contributed by atoms with Crippen LogP contribution in [0.3, 0.4) is 0 Å². The topological polar surface area (TPSA) is 45.3 Å². The second kappa shape index (κ2) is 9.86. The number of aromatic amines is 1. The molecule has 0 bridgehead atoms. The summed E-state index contributed by atoms with van der Waals surface area (Å²) in [6.07, 6.45) is 3.03.